The lowest BCUT2D eigenvalue weighted by Crippen LogP contribution is -2.51. The summed E-state index contributed by atoms with van der Waals surface area (Å²) in [6, 6.07) is 14.5. The Hall–Kier alpha value is -2.38. The van der Waals surface area contributed by atoms with Gasteiger partial charge in [0.1, 0.15) is 5.75 Å². The number of nitrogens with zero attached hydrogens (tertiary/aromatic N) is 1. The van der Waals surface area contributed by atoms with E-state index in [1.807, 2.05) is 43.3 Å². The first kappa shape index (κ1) is 20.4. The van der Waals surface area contributed by atoms with Crippen LogP contribution < -0.4 is 5.32 Å². The van der Waals surface area contributed by atoms with Crippen LogP contribution >= 0.6 is 0 Å². The van der Waals surface area contributed by atoms with E-state index in [-0.39, 0.29) is 17.4 Å². The molecule has 0 spiro atoms. The lowest BCUT2D eigenvalue weighted by Gasteiger charge is -2.40. The molecule has 2 N–H and O–H groups in total. The molecule has 2 aromatic rings. The van der Waals surface area contributed by atoms with E-state index in [0.717, 1.165) is 11.1 Å². The Balaban J connectivity index is 1.91. The summed E-state index contributed by atoms with van der Waals surface area (Å²) in [5.74, 6) is -0.164. The molecule has 1 aliphatic heterocycles. The van der Waals surface area contributed by atoms with Crippen LogP contribution in [0, 0.1) is 6.92 Å². The molecule has 0 unspecified atom stereocenters. The van der Waals surface area contributed by atoms with Crippen molar-refractivity contribution in [2.24, 2.45) is 0 Å². The predicted octanol–water partition coefficient (Wildman–Crippen LogP) is 3.02. The van der Waals surface area contributed by atoms with Crippen molar-refractivity contribution in [3.63, 3.8) is 0 Å². The van der Waals surface area contributed by atoms with Gasteiger partial charge >= 0.3 is 0 Å². The Morgan fingerprint density at radius 2 is 1.79 bits per heavy atom. The van der Waals surface area contributed by atoms with Crippen LogP contribution in [0.3, 0.4) is 0 Å². The number of benzene rings is 2. The molecule has 0 atom stereocenters. The highest BCUT2D eigenvalue weighted by Crippen LogP contribution is 2.38. The van der Waals surface area contributed by atoms with Gasteiger partial charge in [0.15, 0.2) is 0 Å². The summed E-state index contributed by atoms with van der Waals surface area (Å²) in [6.07, 6.45) is 0.767. The van der Waals surface area contributed by atoms with Crippen LogP contribution in [0.2, 0.25) is 0 Å². The van der Waals surface area contributed by atoms with Crippen LogP contribution in [0.4, 0.5) is 5.69 Å². The highest BCUT2D eigenvalue weighted by molar-refractivity contribution is 7.89. The minimum atomic E-state index is -3.29. The molecule has 0 aliphatic carbocycles. The number of amides is 1. The fraction of sp³-hybridized carbons (Fsp3) is 0.381. The summed E-state index contributed by atoms with van der Waals surface area (Å²) < 4.78 is 25.9. The molecule has 0 saturated carbocycles. The zero-order valence-corrected chi connectivity index (χ0v) is 17.0. The second kappa shape index (κ2) is 7.93. The molecule has 0 aromatic heterocycles. The van der Waals surface area contributed by atoms with Crippen molar-refractivity contribution in [3.8, 4) is 5.75 Å². The third-order valence-corrected chi connectivity index (χ3v) is 7.38. The van der Waals surface area contributed by atoms with Gasteiger partial charge < -0.3 is 10.4 Å². The molecule has 0 bridgehead atoms. The minimum absolute atomic E-state index is 0.0163. The molecule has 1 heterocycles. The van der Waals surface area contributed by atoms with E-state index in [1.165, 1.54) is 4.31 Å². The summed E-state index contributed by atoms with van der Waals surface area (Å²) >= 11 is 0. The maximum Gasteiger partial charge on any atom is 0.235 e. The SMILES string of the molecule is CCS(=O)(=O)N1CCC(C(=O)Nc2ccc(C)cc2O)(c2ccccc2)CC1. The van der Waals surface area contributed by atoms with Crippen molar-refractivity contribution in [2.45, 2.75) is 32.1 Å². The molecule has 2 aromatic carbocycles. The van der Waals surface area contributed by atoms with E-state index >= 15 is 0 Å². The molecule has 1 fully saturated rings. The van der Waals surface area contributed by atoms with Gasteiger partial charge in [-0.05, 0) is 49.9 Å². The topological polar surface area (TPSA) is 86.7 Å². The van der Waals surface area contributed by atoms with Crippen LogP contribution in [0.25, 0.3) is 0 Å². The average Bonchev–Trinajstić information content (AvgIpc) is 2.70. The number of sulfonamides is 1. The Bertz CT molecular complexity index is 950. The van der Waals surface area contributed by atoms with Gasteiger partial charge in [-0.15, -0.1) is 0 Å². The molecular weight excluding hydrogens is 376 g/mol. The van der Waals surface area contributed by atoms with Crippen molar-refractivity contribution >= 4 is 21.6 Å². The number of carbonyl (C=O) groups excluding carboxylic acids is 1. The summed E-state index contributed by atoms with van der Waals surface area (Å²) in [4.78, 5) is 13.4. The lowest BCUT2D eigenvalue weighted by atomic mass is 9.72. The van der Waals surface area contributed by atoms with Crippen LogP contribution in [0.1, 0.15) is 30.9 Å². The van der Waals surface area contributed by atoms with Gasteiger partial charge in [0.25, 0.3) is 0 Å². The highest BCUT2D eigenvalue weighted by Gasteiger charge is 2.44. The quantitative estimate of drug-likeness (QED) is 0.753. The molecule has 1 saturated heterocycles. The minimum Gasteiger partial charge on any atom is -0.506 e. The first-order valence-electron chi connectivity index (χ1n) is 9.43. The van der Waals surface area contributed by atoms with E-state index in [1.54, 1.807) is 19.1 Å². The zero-order valence-electron chi connectivity index (χ0n) is 16.2. The number of anilines is 1. The average molecular weight is 403 g/mol. The van der Waals surface area contributed by atoms with Crippen molar-refractivity contribution in [3.05, 3.63) is 59.7 Å². The summed E-state index contributed by atoms with van der Waals surface area (Å²) in [6.45, 7) is 4.07. The molecule has 7 heteroatoms. The number of hydrogen-bond acceptors (Lipinski definition) is 4. The molecule has 150 valence electrons. The van der Waals surface area contributed by atoms with Crippen LogP contribution in [0.5, 0.6) is 5.75 Å². The van der Waals surface area contributed by atoms with Gasteiger partial charge in [-0.1, -0.05) is 36.4 Å². The van der Waals surface area contributed by atoms with Crippen molar-refractivity contribution in [2.75, 3.05) is 24.2 Å². The molecular formula is C21H26N2O4S. The molecule has 3 rings (SSSR count). The monoisotopic (exact) mass is 402 g/mol. The van der Waals surface area contributed by atoms with Crippen LogP contribution in [-0.2, 0) is 20.2 Å². The first-order valence-corrected chi connectivity index (χ1v) is 11.0. The molecule has 28 heavy (non-hydrogen) atoms. The normalized spacial score (nSPS) is 17.2. The Morgan fingerprint density at radius 1 is 1.14 bits per heavy atom. The zero-order chi connectivity index (χ0) is 20.4. The fourth-order valence-electron chi connectivity index (χ4n) is 3.72. The molecule has 0 radical (unpaired) electrons. The van der Waals surface area contributed by atoms with Gasteiger partial charge in [0, 0.05) is 13.1 Å². The lowest BCUT2D eigenvalue weighted by molar-refractivity contribution is -0.123. The Morgan fingerprint density at radius 3 is 2.36 bits per heavy atom. The Labute approximate surface area is 166 Å². The summed E-state index contributed by atoms with van der Waals surface area (Å²) in [5.41, 5.74) is 1.26. The highest BCUT2D eigenvalue weighted by atomic mass is 32.2. The van der Waals surface area contributed by atoms with Gasteiger partial charge in [0.05, 0.1) is 16.9 Å². The van der Waals surface area contributed by atoms with Gasteiger partial charge in [-0.25, -0.2) is 12.7 Å². The maximum atomic E-state index is 13.4. The van der Waals surface area contributed by atoms with E-state index in [9.17, 15) is 18.3 Å². The number of aromatic hydroxyl groups is 1. The maximum absolute atomic E-state index is 13.4. The number of phenolic OH excluding ortho intramolecular Hbond substituents is 1. The molecule has 1 aliphatic rings. The van der Waals surface area contributed by atoms with Crippen LogP contribution in [-0.4, -0.2) is 42.6 Å². The van der Waals surface area contributed by atoms with E-state index in [2.05, 4.69) is 5.32 Å². The Kier molecular flexibility index (Phi) is 5.76. The second-order valence-corrected chi connectivity index (χ2v) is 9.48. The summed E-state index contributed by atoms with van der Waals surface area (Å²) in [5, 5.41) is 13.0. The second-order valence-electron chi connectivity index (χ2n) is 7.22. The van der Waals surface area contributed by atoms with Crippen molar-refractivity contribution in [1.29, 1.82) is 0 Å². The van der Waals surface area contributed by atoms with Gasteiger partial charge in [-0.3, -0.25) is 4.79 Å². The number of phenols is 1. The third kappa shape index (κ3) is 3.91. The molecule has 6 nitrogen and oxygen atoms in total. The number of hydrogen-bond donors (Lipinski definition) is 2. The van der Waals surface area contributed by atoms with Crippen LogP contribution in [0.15, 0.2) is 48.5 Å². The number of carbonyl (C=O) groups is 1. The smallest absolute Gasteiger partial charge is 0.235 e. The first-order chi connectivity index (χ1) is 13.3. The third-order valence-electron chi connectivity index (χ3n) is 5.50. The largest absolute Gasteiger partial charge is 0.506 e. The van der Waals surface area contributed by atoms with Gasteiger partial charge in [0.2, 0.25) is 15.9 Å². The summed E-state index contributed by atoms with van der Waals surface area (Å²) in [7, 11) is -3.29. The van der Waals surface area contributed by atoms with E-state index in [0.29, 0.717) is 31.6 Å². The van der Waals surface area contributed by atoms with Gasteiger partial charge in [-0.2, -0.15) is 0 Å². The van der Waals surface area contributed by atoms with E-state index in [4.69, 9.17) is 0 Å². The standard InChI is InChI=1S/C21H26N2O4S/c1-3-28(26,27)23-13-11-21(12-14-23,17-7-5-4-6-8-17)20(25)22-18-10-9-16(2)15-19(18)24/h4-10,15,24H,3,11-14H2,1-2H3,(H,22,25). The van der Waals surface area contributed by atoms with E-state index < -0.39 is 15.4 Å². The van der Waals surface area contributed by atoms with Crippen molar-refractivity contribution < 1.29 is 18.3 Å². The predicted molar refractivity (Wildman–Crippen MR) is 110 cm³/mol. The fourth-order valence-corrected chi connectivity index (χ4v) is 4.83. The van der Waals surface area contributed by atoms with Crippen molar-refractivity contribution in [1.82, 2.24) is 4.31 Å². The number of rotatable bonds is 5. The number of piperidine rings is 1. The number of aryl methyl sites for hydroxylation is 1. The molecule has 1 amide bonds. The number of nitrogens with one attached hydrogen (secondary N) is 1.